The fourth-order valence-electron chi connectivity index (χ4n) is 3.94. The molecule has 0 aromatic heterocycles. The van der Waals surface area contributed by atoms with Gasteiger partial charge in [0.15, 0.2) is 0 Å². The van der Waals surface area contributed by atoms with Gasteiger partial charge < -0.3 is 9.62 Å². The van der Waals surface area contributed by atoms with Gasteiger partial charge in [-0.05, 0) is 74.0 Å². The van der Waals surface area contributed by atoms with Gasteiger partial charge >= 0.3 is 0 Å². The normalized spacial score (nSPS) is 15.6. The standard InChI is InChI=1S/C25H36N2O2S/c1-4-28-29-18-12-8-6-5-7-11-17-26-25-21-13-9-10-14-23(21)27(3)30-24-19-20(2)15-16-22(24)25/h9-10,13-16,19,25-26H,4-8,11-12,17-18H2,1-3H3. The Balaban J connectivity index is 1.51. The summed E-state index contributed by atoms with van der Waals surface area (Å²) in [6.45, 7) is 6.48. The molecule has 0 aliphatic carbocycles. The van der Waals surface area contributed by atoms with E-state index in [1.165, 1.54) is 59.4 Å². The number of nitrogens with zero attached hydrogens (tertiary/aromatic N) is 1. The van der Waals surface area contributed by atoms with E-state index in [4.69, 9.17) is 9.78 Å². The quantitative estimate of drug-likeness (QED) is 0.182. The second kappa shape index (κ2) is 12.4. The van der Waals surface area contributed by atoms with Crippen molar-refractivity contribution in [3.63, 3.8) is 0 Å². The van der Waals surface area contributed by atoms with Crippen molar-refractivity contribution in [2.45, 2.75) is 63.3 Å². The molecule has 0 spiro atoms. The second-order valence-corrected chi connectivity index (χ2v) is 9.10. The van der Waals surface area contributed by atoms with Crippen LogP contribution in [0, 0.1) is 6.92 Å². The monoisotopic (exact) mass is 428 g/mol. The number of nitrogens with one attached hydrogen (secondary N) is 1. The maximum absolute atomic E-state index is 5.06. The van der Waals surface area contributed by atoms with Crippen molar-refractivity contribution in [2.75, 3.05) is 31.1 Å². The molecule has 5 heteroatoms. The summed E-state index contributed by atoms with van der Waals surface area (Å²) < 4.78 is 2.30. The van der Waals surface area contributed by atoms with Crippen LogP contribution in [0.25, 0.3) is 0 Å². The van der Waals surface area contributed by atoms with E-state index >= 15 is 0 Å². The summed E-state index contributed by atoms with van der Waals surface area (Å²) in [5.41, 5.74) is 5.36. The number of hydrogen-bond acceptors (Lipinski definition) is 5. The van der Waals surface area contributed by atoms with Crippen LogP contribution in [0.1, 0.15) is 68.2 Å². The summed E-state index contributed by atoms with van der Waals surface area (Å²) in [7, 11) is 2.16. The molecule has 0 amide bonds. The molecule has 1 aliphatic heterocycles. The highest BCUT2D eigenvalue weighted by Gasteiger charge is 2.26. The number of anilines is 1. The van der Waals surface area contributed by atoms with Gasteiger partial charge in [0, 0.05) is 11.9 Å². The summed E-state index contributed by atoms with van der Waals surface area (Å²) in [6, 6.07) is 15.9. The Kier molecular flexibility index (Phi) is 9.53. The van der Waals surface area contributed by atoms with Crippen molar-refractivity contribution in [1.82, 2.24) is 5.32 Å². The van der Waals surface area contributed by atoms with Crippen LogP contribution in [-0.2, 0) is 9.78 Å². The molecule has 2 aromatic carbocycles. The number of aryl methyl sites for hydroxylation is 1. The molecule has 1 N–H and O–H groups in total. The van der Waals surface area contributed by atoms with Gasteiger partial charge in [0.1, 0.15) is 0 Å². The molecule has 2 aromatic rings. The topological polar surface area (TPSA) is 33.7 Å². The molecule has 0 radical (unpaired) electrons. The number of rotatable bonds is 12. The predicted octanol–water partition coefficient (Wildman–Crippen LogP) is 6.44. The SMILES string of the molecule is CCOOCCCCCCCCNC1c2ccc(C)cc2SN(C)c2ccccc21. The smallest absolute Gasteiger partial charge is 0.0822 e. The number of hydrogen-bond donors (Lipinski definition) is 1. The number of para-hydroxylation sites is 1. The van der Waals surface area contributed by atoms with Crippen LogP contribution in [0.2, 0.25) is 0 Å². The molecule has 0 bridgehead atoms. The highest BCUT2D eigenvalue weighted by Crippen LogP contribution is 2.43. The van der Waals surface area contributed by atoms with Crippen LogP contribution >= 0.6 is 11.9 Å². The molecular weight excluding hydrogens is 392 g/mol. The van der Waals surface area contributed by atoms with Crippen LogP contribution < -0.4 is 9.62 Å². The van der Waals surface area contributed by atoms with Crippen LogP contribution in [0.15, 0.2) is 47.4 Å². The zero-order valence-electron chi connectivity index (χ0n) is 18.7. The molecular formula is C25H36N2O2S. The van der Waals surface area contributed by atoms with Crippen molar-refractivity contribution in [3.05, 3.63) is 59.2 Å². The summed E-state index contributed by atoms with van der Waals surface area (Å²) in [5, 5.41) is 3.86. The van der Waals surface area contributed by atoms with Crippen molar-refractivity contribution in [1.29, 1.82) is 0 Å². The molecule has 1 unspecified atom stereocenters. The molecule has 4 nitrogen and oxygen atoms in total. The van der Waals surface area contributed by atoms with Gasteiger partial charge in [-0.25, -0.2) is 9.78 Å². The first-order valence-corrected chi connectivity index (χ1v) is 12.1. The van der Waals surface area contributed by atoms with Gasteiger partial charge in [0.2, 0.25) is 0 Å². The van der Waals surface area contributed by atoms with Gasteiger partial charge in [-0.15, -0.1) is 0 Å². The first-order valence-electron chi connectivity index (χ1n) is 11.3. The lowest BCUT2D eigenvalue weighted by atomic mass is 9.96. The average Bonchev–Trinajstić information content (AvgIpc) is 2.86. The van der Waals surface area contributed by atoms with E-state index in [-0.39, 0.29) is 6.04 Å². The van der Waals surface area contributed by atoms with Crippen molar-refractivity contribution >= 4 is 17.6 Å². The Labute approximate surface area is 186 Å². The lowest BCUT2D eigenvalue weighted by Crippen LogP contribution is -2.24. The Morgan fingerprint density at radius 3 is 2.53 bits per heavy atom. The minimum atomic E-state index is 0.241. The summed E-state index contributed by atoms with van der Waals surface area (Å²) in [4.78, 5) is 11.3. The Bertz CT molecular complexity index is 783. The summed E-state index contributed by atoms with van der Waals surface area (Å²) >= 11 is 1.83. The fraction of sp³-hybridized carbons (Fsp3) is 0.520. The predicted molar refractivity (Wildman–Crippen MR) is 127 cm³/mol. The van der Waals surface area contributed by atoms with E-state index in [0.29, 0.717) is 13.2 Å². The van der Waals surface area contributed by atoms with Gasteiger partial charge in [-0.2, -0.15) is 0 Å². The van der Waals surface area contributed by atoms with E-state index in [2.05, 4.69) is 66.1 Å². The third kappa shape index (κ3) is 6.48. The lowest BCUT2D eigenvalue weighted by Gasteiger charge is -2.22. The fourth-order valence-corrected chi connectivity index (χ4v) is 5.03. The maximum atomic E-state index is 5.06. The third-order valence-electron chi connectivity index (χ3n) is 5.51. The van der Waals surface area contributed by atoms with Gasteiger partial charge in [-0.3, -0.25) is 0 Å². The Hall–Kier alpha value is -1.53. The molecule has 0 saturated heterocycles. The van der Waals surface area contributed by atoms with Gasteiger partial charge in [-0.1, -0.05) is 56.0 Å². The second-order valence-electron chi connectivity index (χ2n) is 7.93. The highest BCUT2D eigenvalue weighted by molar-refractivity contribution is 8.00. The van der Waals surface area contributed by atoms with E-state index in [0.717, 1.165) is 13.0 Å². The Morgan fingerprint density at radius 1 is 0.933 bits per heavy atom. The molecule has 0 saturated carbocycles. The number of unbranched alkanes of at least 4 members (excludes halogenated alkanes) is 5. The average molecular weight is 429 g/mol. The van der Waals surface area contributed by atoms with Crippen LogP contribution in [0.5, 0.6) is 0 Å². The molecule has 30 heavy (non-hydrogen) atoms. The van der Waals surface area contributed by atoms with Crippen LogP contribution in [-0.4, -0.2) is 26.8 Å². The van der Waals surface area contributed by atoms with Crippen LogP contribution in [0.4, 0.5) is 5.69 Å². The molecule has 1 heterocycles. The first kappa shape index (κ1) is 23.1. The van der Waals surface area contributed by atoms with Gasteiger partial charge in [0.05, 0.1) is 24.9 Å². The zero-order valence-corrected chi connectivity index (χ0v) is 19.5. The maximum Gasteiger partial charge on any atom is 0.0822 e. The summed E-state index contributed by atoms with van der Waals surface area (Å²) in [6.07, 6.45) is 7.32. The molecule has 3 rings (SSSR count). The molecule has 1 aliphatic rings. The van der Waals surface area contributed by atoms with E-state index < -0.39 is 0 Å². The minimum absolute atomic E-state index is 0.241. The first-order chi connectivity index (χ1) is 14.7. The van der Waals surface area contributed by atoms with E-state index in [1.54, 1.807) is 0 Å². The lowest BCUT2D eigenvalue weighted by molar-refractivity contribution is -0.291. The molecule has 1 atom stereocenters. The van der Waals surface area contributed by atoms with E-state index in [9.17, 15) is 0 Å². The number of fused-ring (bicyclic) bond motifs is 2. The van der Waals surface area contributed by atoms with Crippen molar-refractivity contribution in [2.24, 2.45) is 0 Å². The third-order valence-corrected chi connectivity index (χ3v) is 6.53. The largest absolute Gasteiger partial charge is 0.315 e. The zero-order chi connectivity index (χ0) is 21.2. The number of benzene rings is 2. The minimum Gasteiger partial charge on any atom is -0.315 e. The Morgan fingerprint density at radius 2 is 1.70 bits per heavy atom. The highest BCUT2D eigenvalue weighted by atomic mass is 32.2. The van der Waals surface area contributed by atoms with Gasteiger partial charge in [0.25, 0.3) is 0 Å². The van der Waals surface area contributed by atoms with Crippen molar-refractivity contribution < 1.29 is 9.78 Å². The summed E-state index contributed by atoms with van der Waals surface area (Å²) in [5.74, 6) is 0. The van der Waals surface area contributed by atoms with E-state index in [1.807, 2.05) is 18.9 Å². The van der Waals surface area contributed by atoms with Crippen LogP contribution in [0.3, 0.4) is 0 Å². The van der Waals surface area contributed by atoms with Crippen molar-refractivity contribution in [3.8, 4) is 0 Å². The molecule has 0 fully saturated rings. The molecule has 164 valence electrons.